The Morgan fingerprint density at radius 1 is 1.08 bits per heavy atom. The number of amides is 1. The molecule has 3 aromatic carbocycles. The van der Waals surface area contributed by atoms with E-state index in [1.807, 2.05) is 49.9 Å². The zero-order valence-corrected chi connectivity index (χ0v) is 29.7. The summed E-state index contributed by atoms with van der Waals surface area (Å²) in [6, 6.07) is 23.4. The van der Waals surface area contributed by atoms with Gasteiger partial charge in [0.25, 0.3) is 16.0 Å². The summed E-state index contributed by atoms with van der Waals surface area (Å²) in [5.74, 6) is 0.275. The van der Waals surface area contributed by atoms with Crippen molar-refractivity contribution in [1.29, 1.82) is 5.26 Å². The minimum Gasteiger partial charge on any atom is -0.371 e. The highest BCUT2D eigenvalue weighted by atomic mass is 32.2. The Morgan fingerprint density at radius 3 is 2.49 bits per heavy atom. The first-order chi connectivity index (χ1) is 24.3. The third kappa shape index (κ3) is 10.1. The van der Waals surface area contributed by atoms with Crippen LogP contribution in [0.4, 0.5) is 17.1 Å². The second-order valence-corrected chi connectivity index (χ2v) is 14.8. The van der Waals surface area contributed by atoms with Gasteiger partial charge >= 0.3 is 0 Å². The molecule has 0 radical (unpaired) electrons. The second kappa shape index (κ2) is 16.4. The monoisotopic (exact) mass is 732 g/mol. The van der Waals surface area contributed by atoms with Gasteiger partial charge in [-0.2, -0.15) is 18.8 Å². The summed E-state index contributed by atoms with van der Waals surface area (Å²) in [6.45, 7) is 7.10. The van der Waals surface area contributed by atoms with E-state index in [9.17, 15) is 13.2 Å². The van der Waals surface area contributed by atoms with E-state index in [1.54, 1.807) is 48.5 Å². The summed E-state index contributed by atoms with van der Waals surface area (Å²) in [5, 5.41) is 33.3. The van der Waals surface area contributed by atoms with E-state index in [2.05, 4.69) is 25.9 Å². The minimum absolute atomic E-state index is 0.302. The van der Waals surface area contributed by atoms with Crippen molar-refractivity contribution in [3.05, 3.63) is 84.2 Å². The van der Waals surface area contributed by atoms with Crippen LogP contribution in [0.3, 0.4) is 0 Å². The molecule has 1 aromatic heterocycles. The summed E-state index contributed by atoms with van der Waals surface area (Å²) >= 11 is 0.760. The van der Waals surface area contributed by atoms with Gasteiger partial charge in [0.1, 0.15) is 5.71 Å². The largest absolute Gasteiger partial charge is 0.371 e. The Labute approximate surface area is 299 Å². The number of rotatable bonds is 15. The number of hydrogen-bond donors (Lipinski definition) is 3. The van der Waals surface area contributed by atoms with Gasteiger partial charge in [-0.25, -0.2) is 15.2 Å². The maximum atomic E-state index is 12.8. The van der Waals surface area contributed by atoms with Crippen LogP contribution in [0.15, 0.2) is 87.8 Å². The highest BCUT2D eigenvalue weighted by Crippen LogP contribution is 2.30. The lowest BCUT2D eigenvalue weighted by Crippen LogP contribution is -2.27. The standard InChI is InChI=1S/C34H36N8O7S2/c1-34(2,3)30-29(36-25-14-16-27(17-15-25)41(20-7-18-35)19-4-5-21-51(45,46)47)32-38-31(40-42(32)39-30)23-10-12-26(13-11-23)37-33(43)24-8-6-9-28(22-24)50-49-48-44/h6,8-17,22,44H,4-5,7,19-21H2,1-3H3,(H,37,43)(H,45,46,47). The average Bonchev–Trinajstić information content (AvgIpc) is 3.67. The Hall–Kier alpha value is -4.96. The van der Waals surface area contributed by atoms with Crippen LogP contribution in [-0.4, -0.2) is 69.3 Å². The molecule has 1 aliphatic rings. The molecule has 0 fully saturated rings. The molecular weight excluding hydrogens is 697 g/mol. The van der Waals surface area contributed by atoms with E-state index in [-0.39, 0.29) is 17.1 Å². The fraction of sp³-hybridized carbons (Fsp3) is 0.294. The normalized spacial score (nSPS) is 13.5. The van der Waals surface area contributed by atoms with Crippen molar-refractivity contribution in [2.24, 2.45) is 15.5 Å². The van der Waals surface area contributed by atoms with Gasteiger partial charge in [-0.1, -0.05) is 31.9 Å². The Balaban J connectivity index is 1.33. The van der Waals surface area contributed by atoms with Crippen molar-refractivity contribution in [2.45, 2.75) is 44.9 Å². The Kier molecular flexibility index (Phi) is 12.0. The predicted octanol–water partition coefficient (Wildman–Crippen LogP) is 6.40. The molecule has 1 aliphatic heterocycles. The lowest BCUT2D eigenvalue weighted by atomic mass is 9.87. The highest BCUT2D eigenvalue weighted by molar-refractivity contribution is 7.94. The number of anilines is 2. The summed E-state index contributed by atoms with van der Waals surface area (Å²) in [7, 11) is -4.02. The molecule has 15 nitrogen and oxygen atoms in total. The van der Waals surface area contributed by atoms with Crippen molar-refractivity contribution >= 4 is 56.6 Å². The van der Waals surface area contributed by atoms with E-state index < -0.39 is 10.1 Å². The number of nitriles is 1. The molecule has 0 atom stereocenters. The quantitative estimate of drug-likeness (QED) is 0.0399. The smallest absolute Gasteiger partial charge is 0.264 e. The SMILES string of the molecule is CC(C)(C)C1=Nn2nc(-c3ccc(NC(=O)c4cccc(SOOO)c4)cc3)nc2C1=Nc1ccc(N(CCC#N)CCCCS(=O)(=O)O)cc1. The molecule has 5 rings (SSSR count). The summed E-state index contributed by atoms with van der Waals surface area (Å²) < 4.78 is 35.7. The Bertz CT molecular complexity index is 2070. The first-order valence-electron chi connectivity index (χ1n) is 15.8. The molecule has 4 aromatic rings. The highest BCUT2D eigenvalue weighted by Gasteiger charge is 2.35. The molecule has 0 unspecified atom stereocenters. The molecule has 0 saturated heterocycles. The van der Waals surface area contributed by atoms with Crippen LogP contribution in [-0.2, 0) is 19.5 Å². The second-order valence-electron chi connectivity index (χ2n) is 12.5. The number of aliphatic imine (C=N–C) groups is 1. The first kappa shape index (κ1) is 37.3. The van der Waals surface area contributed by atoms with Crippen LogP contribution in [0.5, 0.6) is 0 Å². The maximum Gasteiger partial charge on any atom is 0.264 e. The van der Waals surface area contributed by atoms with Crippen LogP contribution >= 0.6 is 12.0 Å². The van der Waals surface area contributed by atoms with E-state index in [0.29, 0.717) is 77.1 Å². The molecule has 3 N–H and O–H groups in total. The number of nitrogens with zero attached hydrogens (tertiary/aromatic N) is 7. The number of unbranched alkanes of at least 4 members (excludes halogenated alkanes) is 1. The lowest BCUT2D eigenvalue weighted by molar-refractivity contribution is -0.432. The summed E-state index contributed by atoms with van der Waals surface area (Å²) in [4.78, 5) is 26.6. The topological polar surface area (TPSA) is 205 Å². The Morgan fingerprint density at radius 2 is 1.82 bits per heavy atom. The molecule has 2 heterocycles. The summed E-state index contributed by atoms with van der Waals surface area (Å²) in [6.07, 6.45) is 1.14. The van der Waals surface area contributed by atoms with Gasteiger partial charge < -0.3 is 10.2 Å². The fourth-order valence-corrected chi connectivity index (χ4v) is 6.15. The minimum atomic E-state index is -4.02. The molecule has 1 amide bonds. The number of carbonyl (C=O) groups excluding carboxylic acids is 1. The van der Waals surface area contributed by atoms with Gasteiger partial charge in [0.2, 0.25) is 5.82 Å². The zero-order chi connectivity index (χ0) is 36.6. The number of benzene rings is 3. The number of nitrogens with one attached hydrogen (secondary N) is 1. The van der Waals surface area contributed by atoms with E-state index in [0.717, 1.165) is 23.4 Å². The van der Waals surface area contributed by atoms with Crippen molar-refractivity contribution in [3.8, 4) is 17.5 Å². The molecule has 0 aliphatic carbocycles. The molecular formula is C34H36N8O7S2. The van der Waals surface area contributed by atoms with Crippen molar-refractivity contribution in [3.63, 3.8) is 0 Å². The van der Waals surface area contributed by atoms with E-state index in [4.69, 9.17) is 30.1 Å². The van der Waals surface area contributed by atoms with Gasteiger partial charge in [-0.05, 0) is 79.6 Å². The van der Waals surface area contributed by atoms with E-state index in [1.165, 1.54) is 4.79 Å². The van der Waals surface area contributed by atoms with Crippen molar-refractivity contribution in [1.82, 2.24) is 14.9 Å². The van der Waals surface area contributed by atoms with Gasteiger partial charge in [-0.15, -0.1) is 14.2 Å². The molecule has 0 saturated carbocycles. The van der Waals surface area contributed by atoms with Crippen LogP contribution in [0, 0.1) is 16.7 Å². The first-order valence-corrected chi connectivity index (χ1v) is 18.2. The van der Waals surface area contributed by atoms with Crippen LogP contribution in [0.2, 0.25) is 0 Å². The van der Waals surface area contributed by atoms with Gasteiger partial charge in [0, 0.05) is 45.9 Å². The van der Waals surface area contributed by atoms with Gasteiger partial charge in [-0.3, -0.25) is 9.35 Å². The fourth-order valence-electron chi connectivity index (χ4n) is 5.16. The number of fused-ring (bicyclic) bond motifs is 1. The van der Waals surface area contributed by atoms with Crippen LogP contribution < -0.4 is 10.2 Å². The summed E-state index contributed by atoms with van der Waals surface area (Å²) in [5.41, 5.74) is 4.11. The van der Waals surface area contributed by atoms with Crippen LogP contribution in [0.25, 0.3) is 11.4 Å². The average molecular weight is 733 g/mol. The molecule has 17 heteroatoms. The number of carbonyl (C=O) groups is 1. The molecule has 51 heavy (non-hydrogen) atoms. The zero-order valence-electron chi connectivity index (χ0n) is 28.1. The molecule has 0 spiro atoms. The van der Waals surface area contributed by atoms with E-state index >= 15 is 0 Å². The number of hydrogen-bond acceptors (Lipinski definition) is 13. The third-order valence-corrected chi connectivity index (χ3v) is 9.00. The van der Waals surface area contributed by atoms with Crippen LogP contribution in [0.1, 0.15) is 56.2 Å². The third-order valence-electron chi connectivity index (χ3n) is 7.62. The maximum absolute atomic E-state index is 12.8. The van der Waals surface area contributed by atoms with Gasteiger partial charge in [0.15, 0.2) is 5.82 Å². The lowest BCUT2D eigenvalue weighted by Gasteiger charge is -2.24. The molecule has 0 bridgehead atoms. The number of aromatic nitrogens is 3. The van der Waals surface area contributed by atoms with Crippen molar-refractivity contribution in [2.75, 3.05) is 29.1 Å². The predicted molar refractivity (Wildman–Crippen MR) is 194 cm³/mol. The molecule has 266 valence electrons. The van der Waals surface area contributed by atoms with Gasteiger partial charge in [0.05, 0.1) is 41.7 Å². The van der Waals surface area contributed by atoms with Crippen molar-refractivity contribution < 1.29 is 32.4 Å².